The number of halogens is 1. The first-order valence-electron chi connectivity index (χ1n) is 10.1. The molecule has 28 heavy (non-hydrogen) atoms. The molecule has 1 atom stereocenters. The minimum Gasteiger partial charge on any atom is -0.339 e. The van der Waals surface area contributed by atoms with Crippen molar-refractivity contribution in [3.05, 3.63) is 47.4 Å². The Bertz CT molecular complexity index is 816. The van der Waals surface area contributed by atoms with Crippen molar-refractivity contribution in [2.75, 3.05) is 13.1 Å². The minimum absolute atomic E-state index is 0.0786. The van der Waals surface area contributed by atoms with Gasteiger partial charge in [0.25, 0.3) is 0 Å². The van der Waals surface area contributed by atoms with Crippen molar-refractivity contribution >= 4 is 5.91 Å². The molecule has 1 aliphatic carbocycles. The summed E-state index contributed by atoms with van der Waals surface area (Å²) in [5, 5.41) is 4.12. The fourth-order valence-electron chi connectivity index (χ4n) is 3.77. The van der Waals surface area contributed by atoms with Crippen LogP contribution in [-0.4, -0.2) is 45.0 Å². The second-order valence-electron chi connectivity index (χ2n) is 8.27. The molecule has 150 valence electrons. The Morgan fingerprint density at radius 2 is 1.96 bits per heavy atom. The van der Waals surface area contributed by atoms with Crippen molar-refractivity contribution in [3.8, 4) is 0 Å². The molecule has 0 spiro atoms. The molecule has 2 fully saturated rings. The lowest BCUT2D eigenvalue weighted by Gasteiger charge is -2.34. The molecule has 1 saturated carbocycles. The third-order valence-corrected chi connectivity index (χ3v) is 5.62. The van der Waals surface area contributed by atoms with Crippen molar-refractivity contribution < 1.29 is 13.7 Å². The van der Waals surface area contributed by atoms with Crippen LogP contribution in [0.15, 0.2) is 28.8 Å². The number of amides is 1. The largest absolute Gasteiger partial charge is 0.339 e. The SMILES string of the molecule is CC(C)C1CN(Cc2noc(C3CC3)n2)CCC(=O)N1Cc1ccc(F)cc1. The molecule has 2 heterocycles. The van der Waals surface area contributed by atoms with E-state index in [4.69, 9.17) is 4.52 Å². The number of hydrogen-bond donors (Lipinski definition) is 0. The van der Waals surface area contributed by atoms with Crippen LogP contribution in [0.25, 0.3) is 0 Å². The van der Waals surface area contributed by atoms with Gasteiger partial charge in [0.1, 0.15) is 5.82 Å². The summed E-state index contributed by atoms with van der Waals surface area (Å²) < 4.78 is 18.6. The minimum atomic E-state index is -0.261. The summed E-state index contributed by atoms with van der Waals surface area (Å²) in [6.45, 7) is 6.81. The van der Waals surface area contributed by atoms with Gasteiger partial charge in [0.05, 0.1) is 6.54 Å². The van der Waals surface area contributed by atoms with Gasteiger partial charge in [0, 0.05) is 38.0 Å². The molecule has 1 amide bonds. The number of carbonyl (C=O) groups is 1. The molecule has 0 radical (unpaired) electrons. The topological polar surface area (TPSA) is 62.5 Å². The maximum atomic E-state index is 13.2. The summed E-state index contributed by atoms with van der Waals surface area (Å²) in [4.78, 5) is 21.6. The average molecular weight is 386 g/mol. The van der Waals surface area contributed by atoms with Crippen LogP contribution in [0.5, 0.6) is 0 Å². The highest BCUT2D eigenvalue weighted by atomic mass is 19.1. The number of rotatable bonds is 6. The Morgan fingerprint density at radius 3 is 2.64 bits per heavy atom. The molecule has 2 aromatic rings. The zero-order valence-corrected chi connectivity index (χ0v) is 16.5. The highest BCUT2D eigenvalue weighted by Crippen LogP contribution is 2.38. The van der Waals surface area contributed by atoms with Crippen molar-refractivity contribution in [1.82, 2.24) is 19.9 Å². The van der Waals surface area contributed by atoms with Crippen LogP contribution in [0.4, 0.5) is 4.39 Å². The predicted octanol–water partition coefficient (Wildman–Crippen LogP) is 3.35. The third-order valence-electron chi connectivity index (χ3n) is 5.62. The molecule has 1 aromatic heterocycles. The summed E-state index contributed by atoms with van der Waals surface area (Å²) in [5.41, 5.74) is 0.945. The van der Waals surface area contributed by atoms with Crippen molar-refractivity contribution in [2.24, 2.45) is 5.92 Å². The van der Waals surface area contributed by atoms with Crippen LogP contribution in [0.2, 0.25) is 0 Å². The van der Waals surface area contributed by atoms with Gasteiger partial charge < -0.3 is 9.42 Å². The van der Waals surface area contributed by atoms with Crippen molar-refractivity contribution in [3.63, 3.8) is 0 Å². The van der Waals surface area contributed by atoms with E-state index in [1.165, 1.54) is 12.1 Å². The quantitative estimate of drug-likeness (QED) is 0.762. The maximum absolute atomic E-state index is 13.2. The van der Waals surface area contributed by atoms with Crippen LogP contribution in [-0.2, 0) is 17.9 Å². The van der Waals surface area contributed by atoms with Gasteiger partial charge >= 0.3 is 0 Å². The maximum Gasteiger partial charge on any atom is 0.229 e. The lowest BCUT2D eigenvalue weighted by Crippen LogP contribution is -2.45. The molecular weight excluding hydrogens is 359 g/mol. The Morgan fingerprint density at radius 1 is 1.21 bits per heavy atom. The molecule has 0 N–H and O–H groups in total. The van der Waals surface area contributed by atoms with Gasteiger partial charge in [0.2, 0.25) is 11.8 Å². The zero-order chi connectivity index (χ0) is 19.7. The number of aromatic nitrogens is 2. The highest BCUT2D eigenvalue weighted by molar-refractivity contribution is 5.77. The molecule has 2 aliphatic rings. The van der Waals surface area contributed by atoms with Crippen molar-refractivity contribution in [2.45, 2.75) is 58.2 Å². The first kappa shape index (κ1) is 19.1. The van der Waals surface area contributed by atoms with E-state index in [0.29, 0.717) is 43.7 Å². The second-order valence-corrected chi connectivity index (χ2v) is 8.27. The van der Waals surface area contributed by atoms with E-state index in [0.717, 1.165) is 30.8 Å². The summed E-state index contributed by atoms with van der Waals surface area (Å²) in [5.74, 6) is 2.07. The van der Waals surface area contributed by atoms with E-state index in [9.17, 15) is 9.18 Å². The summed E-state index contributed by atoms with van der Waals surface area (Å²) in [6.07, 6.45) is 2.72. The van der Waals surface area contributed by atoms with E-state index in [-0.39, 0.29) is 17.8 Å². The summed E-state index contributed by atoms with van der Waals surface area (Å²) in [6, 6.07) is 6.47. The molecule has 1 unspecified atom stereocenters. The smallest absolute Gasteiger partial charge is 0.229 e. The second kappa shape index (κ2) is 7.99. The molecule has 7 heteroatoms. The molecule has 0 bridgehead atoms. The van der Waals surface area contributed by atoms with E-state index >= 15 is 0 Å². The first-order valence-corrected chi connectivity index (χ1v) is 10.1. The highest BCUT2D eigenvalue weighted by Gasteiger charge is 2.33. The van der Waals surface area contributed by atoms with Gasteiger partial charge in [-0.1, -0.05) is 31.1 Å². The van der Waals surface area contributed by atoms with E-state index in [1.54, 1.807) is 12.1 Å². The Balaban J connectivity index is 1.47. The van der Waals surface area contributed by atoms with Crippen LogP contribution in [0.3, 0.4) is 0 Å². The third kappa shape index (κ3) is 4.41. The lowest BCUT2D eigenvalue weighted by atomic mass is 10.0. The predicted molar refractivity (Wildman–Crippen MR) is 102 cm³/mol. The number of nitrogens with zero attached hydrogens (tertiary/aromatic N) is 4. The molecule has 4 rings (SSSR count). The van der Waals surface area contributed by atoms with Crippen LogP contribution in [0, 0.1) is 11.7 Å². The number of benzene rings is 1. The van der Waals surface area contributed by atoms with Gasteiger partial charge in [-0.25, -0.2) is 4.39 Å². The fourth-order valence-corrected chi connectivity index (χ4v) is 3.77. The van der Waals surface area contributed by atoms with Gasteiger partial charge in [-0.05, 0) is 36.5 Å². The summed E-state index contributed by atoms with van der Waals surface area (Å²) >= 11 is 0. The fraction of sp³-hybridized carbons (Fsp3) is 0.571. The van der Waals surface area contributed by atoms with Gasteiger partial charge in [0.15, 0.2) is 5.82 Å². The lowest BCUT2D eigenvalue weighted by molar-refractivity contribution is -0.134. The van der Waals surface area contributed by atoms with Crippen LogP contribution < -0.4 is 0 Å². The van der Waals surface area contributed by atoms with Gasteiger partial charge in [-0.15, -0.1) is 0 Å². The Labute approximate surface area is 164 Å². The van der Waals surface area contributed by atoms with Gasteiger partial charge in [-0.2, -0.15) is 4.98 Å². The molecular formula is C21H27FN4O2. The van der Waals surface area contributed by atoms with Crippen LogP contribution in [0.1, 0.15) is 56.3 Å². The Hall–Kier alpha value is -2.28. The van der Waals surface area contributed by atoms with E-state index in [2.05, 4.69) is 28.9 Å². The monoisotopic (exact) mass is 386 g/mol. The number of hydrogen-bond acceptors (Lipinski definition) is 5. The molecule has 1 aromatic carbocycles. The average Bonchev–Trinajstić information content (AvgIpc) is 3.44. The standard InChI is InChI=1S/C21H27FN4O2/c1-14(2)18-12-25(13-19-23-21(28-24-19)16-5-6-16)10-9-20(27)26(18)11-15-3-7-17(22)8-4-15/h3-4,7-8,14,16,18H,5-6,9-13H2,1-2H3. The zero-order valence-electron chi connectivity index (χ0n) is 16.5. The summed E-state index contributed by atoms with van der Waals surface area (Å²) in [7, 11) is 0. The van der Waals surface area contributed by atoms with Gasteiger partial charge in [-0.3, -0.25) is 9.69 Å². The molecule has 1 aliphatic heterocycles. The van der Waals surface area contributed by atoms with E-state index < -0.39 is 0 Å². The molecule has 1 saturated heterocycles. The normalized spacial score (nSPS) is 21.4. The first-order chi connectivity index (χ1) is 13.5. The van der Waals surface area contributed by atoms with Crippen molar-refractivity contribution in [1.29, 1.82) is 0 Å². The molecule has 6 nitrogen and oxygen atoms in total. The van der Waals surface area contributed by atoms with E-state index in [1.807, 2.05) is 4.90 Å². The Kier molecular flexibility index (Phi) is 5.44. The van der Waals surface area contributed by atoms with Crippen LogP contribution >= 0.6 is 0 Å². The number of carbonyl (C=O) groups excluding carboxylic acids is 1.